The quantitative estimate of drug-likeness (QED) is 0.839. The van der Waals surface area contributed by atoms with Gasteiger partial charge in [-0.15, -0.1) is 5.10 Å². The van der Waals surface area contributed by atoms with Crippen LogP contribution >= 0.6 is 0 Å². The summed E-state index contributed by atoms with van der Waals surface area (Å²) in [6, 6.07) is 6.87. The third kappa shape index (κ3) is 3.59. The molecule has 130 valence electrons. The maximum Gasteiger partial charge on any atom is 0.151 e. The molecule has 3 rings (SSSR count). The molecule has 0 radical (unpaired) electrons. The van der Waals surface area contributed by atoms with Crippen molar-refractivity contribution >= 4 is 5.82 Å². The molecule has 2 aromatic rings. The summed E-state index contributed by atoms with van der Waals surface area (Å²) in [5.74, 6) is 0.985. The van der Waals surface area contributed by atoms with E-state index in [2.05, 4.69) is 71.1 Å². The van der Waals surface area contributed by atoms with Crippen molar-refractivity contribution in [1.29, 1.82) is 0 Å². The standard InChI is InChI=1S/C18H28N6/c1-18(2,3)16-6-7-17(21-20-16)24-12-15(13-24)22(4)11-9-14-8-10-19-23(14)5/h6-8,10,15H,9,11-13H2,1-5H3. The zero-order valence-electron chi connectivity index (χ0n) is 15.4. The molecular weight excluding hydrogens is 300 g/mol. The fourth-order valence-electron chi connectivity index (χ4n) is 2.94. The van der Waals surface area contributed by atoms with Crippen LogP contribution < -0.4 is 4.90 Å². The normalized spacial score (nSPS) is 15.8. The van der Waals surface area contributed by atoms with Crippen molar-refractivity contribution in [3.05, 3.63) is 35.8 Å². The van der Waals surface area contributed by atoms with Crippen molar-refractivity contribution in [3.8, 4) is 0 Å². The Bertz CT molecular complexity index is 664. The molecule has 0 N–H and O–H groups in total. The Hall–Kier alpha value is -1.95. The number of rotatable bonds is 5. The Morgan fingerprint density at radius 2 is 1.92 bits per heavy atom. The van der Waals surface area contributed by atoms with E-state index in [1.807, 2.05) is 17.9 Å². The molecule has 0 spiro atoms. The van der Waals surface area contributed by atoms with Crippen LogP contribution in [0.5, 0.6) is 0 Å². The van der Waals surface area contributed by atoms with Gasteiger partial charge in [0.1, 0.15) is 0 Å². The first-order valence-corrected chi connectivity index (χ1v) is 8.61. The fourth-order valence-corrected chi connectivity index (χ4v) is 2.94. The molecule has 6 heteroatoms. The molecule has 1 fully saturated rings. The van der Waals surface area contributed by atoms with Gasteiger partial charge in [-0.3, -0.25) is 9.58 Å². The lowest BCUT2D eigenvalue weighted by molar-refractivity contribution is 0.205. The van der Waals surface area contributed by atoms with Crippen LogP contribution in [0, 0.1) is 0 Å². The van der Waals surface area contributed by atoms with Crippen LogP contribution in [0.4, 0.5) is 5.82 Å². The van der Waals surface area contributed by atoms with Crippen LogP contribution in [0.1, 0.15) is 32.2 Å². The molecule has 2 aromatic heterocycles. The number of hydrogen-bond donors (Lipinski definition) is 0. The SMILES string of the molecule is CN(CCc1ccnn1C)C1CN(c2ccc(C(C)(C)C)nn2)C1. The molecule has 0 unspecified atom stereocenters. The Labute approximate surface area is 144 Å². The van der Waals surface area contributed by atoms with Crippen molar-refractivity contribution < 1.29 is 0 Å². The number of anilines is 1. The van der Waals surface area contributed by atoms with E-state index in [1.54, 1.807) is 0 Å². The van der Waals surface area contributed by atoms with Crippen molar-refractivity contribution in [1.82, 2.24) is 24.9 Å². The first-order chi connectivity index (χ1) is 11.3. The van der Waals surface area contributed by atoms with Crippen LogP contribution in [-0.4, -0.2) is 57.6 Å². The number of aromatic nitrogens is 4. The van der Waals surface area contributed by atoms with Gasteiger partial charge in [-0.1, -0.05) is 20.8 Å². The van der Waals surface area contributed by atoms with E-state index in [0.717, 1.165) is 37.6 Å². The summed E-state index contributed by atoms with van der Waals surface area (Å²) in [5.41, 5.74) is 2.37. The maximum atomic E-state index is 4.40. The van der Waals surface area contributed by atoms with Gasteiger partial charge < -0.3 is 4.90 Å². The molecule has 0 aliphatic carbocycles. The average molecular weight is 328 g/mol. The number of aryl methyl sites for hydroxylation is 1. The molecular formula is C18H28N6. The molecule has 0 aromatic carbocycles. The summed E-state index contributed by atoms with van der Waals surface area (Å²) in [5, 5.41) is 13.0. The Morgan fingerprint density at radius 1 is 1.17 bits per heavy atom. The van der Waals surface area contributed by atoms with Gasteiger partial charge in [-0.05, 0) is 25.2 Å². The number of hydrogen-bond acceptors (Lipinski definition) is 5. The van der Waals surface area contributed by atoms with Gasteiger partial charge in [-0.25, -0.2) is 0 Å². The lowest BCUT2D eigenvalue weighted by Gasteiger charge is -2.44. The zero-order valence-corrected chi connectivity index (χ0v) is 15.4. The van der Waals surface area contributed by atoms with Crippen LogP contribution in [0.15, 0.2) is 24.4 Å². The van der Waals surface area contributed by atoms with Crippen LogP contribution in [0.3, 0.4) is 0 Å². The Morgan fingerprint density at radius 3 is 2.46 bits per heavy atom. The van der Waals surface area contributed by atoms with Crippen LogP contribution in [0.25, 0.3) is 0 Å². The smallest absolute Gasteiger partial charge is 0.151 e. The Balaban J connectivity index is 1.49. The monoisotopic (exact) mass is 328 g/mol. The second-order valence-corrected chi connectivity index (χ2v) is 7.76. The van der Waals surface area contributed by atoms with Crippen LogP contribution in [-0.2, 0) is 18.9 Å². The number of nitrogens with zero attached hydrogens (tertiary/aromatic N) is 6. The lowest BCUT2D eigenvalue weighted by atomic mass is 9.92. The highest BCUT2D eigenvalue weighted by molar-refractivity contribution is 5.42. The maximum absolute atomic E-state index is 4.40. The first kappa shape index (κ1) is 16.9. The molecule has 24 heavy (non-hydrogen) atoms. The predicted octanol–water partition coefficient (Wildman–Crippen LogP) is 1.87. The fraction of sp³-hybridized carbons (Fsp3) is 0.611. The molecule has 0 bridgehead atoms. The van der Waals surface area contributed by atoms with Crippen LogP contribution in [0.2, 0.25) is 0 Å². The van der Waals surface area contributed by atoms with E-state index in [0.29, 0.717) is 6.04 Å². The van der Waals surface area contributed by atoms with E-state index in [-0.39, 0.29) is 5.41 Å². The summed E-state index contributed by atoms with van der Waals surface area (Å²) in [6.45, 7) is 9.57. The summed E-state index contributed by atoms with van der Waals surface area (Å²) in [4.78, 5) is 4.73. The van der Waals surface area contributed by atoms with Gasteiger partial charge >= 0.3 is 0 Å². The average Bonchev–Trinajstić information content (AvgIpc) is 2.88. The van der Waals surface area contributed by atoms with E-state index >= 15 is 0 Å². The molecule has 0 amide bonds. The third-order valence-corrected chi connectivity index (χ3v) is 4.87. The highest BCUT2D eigenvalue weighted by Gasteiger charge is 2.31. The van der Waals surface area contributed by atoms with E-state index in [1.165, 1.54) is 5.69 Å². The van der Waals surface area contributed by atoms with Crippen molar-refractivity contribution in [2.24, 2.45) is 7.05 Å². The molecule has 1 aliphatic heterocycles. The summed E-state index contributed by atoms with van der Waals surface area (Å²) >= 11 is 0. The van der Waals surface area contributed by atoms with Crippen molar-refractivity contribution in [3.63, 3.8) is 0 Å². The second-order valence-electron chi connectivity index (χ2n) is 7.76. The van der Waals surface area contributed by atoms with Gasteiger partial charge in [0.05, 0.1) is 5.69 Å². The van der Waals surface area contributed by atoms with Gasteiger partial charge in [0.2, 0.25) is 0 Å². The summed E-state index contributed by atoms with van der Waals surface area (Å²) < 4.78 is 1.95. The lowest BCUT2D eigenvalue weighted by Crippen LogP contribution is -2.59. The first-order valence-electron chi connectivity index (χ1n) is 8.61. The minimum atomic E-state index is 0.0506. The van der Waals surface area contributed by atoms with E-state index in [9.17, 15) is 0 Å². The largest absolute Gasteiger partial charge is 0.352 e. The molecule has 6 nitrogen and oxygen atoms in total. The summed E-state index contributed by atoms with van der Waals surface area (Å²) in [6.07, 6.45) is 2.89. The topological polar surface area (TPSA) is 50.1 Å². The predicted molar refractivity (Wildman–Crippen MR) is 96.3 cm³/mol. The van der Waals surface area contributed by atoms with Gasteiger partial charge in [-0.2, -0.15) is 10.2 Å². The Kier molecular flexibility index (Phi) is 4.58. The molecule has 1 aliphatic rings. The molecule has 1 saturated heterocycles. The highest BCUT2D eigenvalue weighted by atomic mass is 15.4. The molecule has 0 saturated carbocycles. The van der Waals surface area contributed by atoms with Gasteiger partial charge in [0.15, 0.2) is 5.82 Å². The minimum Gasteiger partial charge on any atom is -0.352 e. The van der Waals surface area contributed by atoms with Gasteiger partial charge in [0.25, 0.3) is 0 Å². The third-order valence-electron chi connectivity index (χ3n) is 4.87. The molecule has 0 atom stereocenters. The number of likely N-dealkylation sites (N-methyl/N-ethyl adjacent to an activating group) is 1. The van der Waals surface area contributed by atoms with Gasteiger partial charge in [0, 0.05) is 56.5 Å². The highest BCUT2D eigenvalue weighted by Crippen LogP contribution is 2.24. The minimum absolute atomic E-state index is 0.0506. The summed E-state index contributed by atoms with van der Waals surface area (Å²) in [7, 11) is 4.20. The molecule has 3 heterocycles. The van der Waals surface area contributed by atoms with E-state index < -0.39 is 0 Å². The van der Waals surface area contributed by atoms with Crippen molar-refractivity contribution in [2.75, 3.05) is 31.6 Å². The second kappa shape index (κ2) is 6.51. The zero-order chi connectivity index (χ0) is 17.3. The van der Waals surface area contributed by atoms with E-state index in [4.69, 9.17) is 0 Å². The van der Waals surface area contributed by atoms with Crippen molar-refractivity contribution in [2.45, 2.75) is 38.6 Å².